The van der Waals surface area contributed by atoms with E-state index in [0.717, 1.165) is 6.42 Å². The van der Waals surface area contributed by atoms with Crippen molar-refractivity contribution >= 4 is 11.8 Å². The molecule has 0 unspecified atom stereocenters. The molecule has 2 amide bonds. The van der Waals surface area contributed by atoms with Crippen LogP contribution in [0.4, 0.5) is 0 Å². The molecule has 0 saturated heterocycles. The van der Waals surface area contributed by atoms with Crippen molar-refractivity contribution in [3.05, 3.63) is 11.8 Å². The third-order valence-corrected chi connectivity index (χ3v) is 4.49. The highest BCUT2D eigenvalue weighted by atomic mass is 16.5. The molecule has 0 spiro atoms. The molecule has 0 heterocycles. The number of aliphatic hydroxyl groups is 2. The van der Waals surface area contributed by atoms with E-state index in [0.29, 0.717) is 59.3 Å². The molecule has 33 heavy (non-hydrogen) atoms. The molecule has 0 saturated carbocycles. The van der Waals surface area contributed by atoms with Gasteiger partial charge in [0, 0.05) is 54.4 Å². The normalized spacial score (nSPS) is 11.7. The van der Waals surface area contributed by atoms with E-state index in [2.05, 4.69) is 5.32 Å². The maximum absolute atomic E-state index is 12.2. The maximum atomic E-state index is 12.2. The Morgan fingerprint density at radius 3 is 1.39 bits per heavy atom. The molecule has 0 atom stereocenters. The fourth-order valence-corrected chi connectivity index (χ4v) is 2.32. The molecule has 0 aromatic carbocycles. The summed E-state index contributed by atoms with van der Waals surface area (Å²) in [6.45, 7) is 6.24. The zero-order valence-electron chi connectivity index (χ0n) is 20.7. The van der Waals surface area contributed by atoms with Gasteiger partial charge in [-0.15, -0.1) is 0 Å². The van der Waals surface area contributed by atoms with E-state index in [1.54, 1.807) is 21.1 Å². The molecule has 0 aliphatic carbocycles. The molecular weight excluding hydrogens is 436 g/mol. The summed E-state index contributed by atoms with van der Waals surface area (Å²) in [5, 5.41) is 21.5. The minimum atomic E-state index is -0.607. The fourth-order valence-electron chi connectivity index (χ4n) is 2.32. The van der Waals surface area contributed by atoms with Crippen molar-refractivity contribution in [2.75, 3.05) is 101 Å². The third kappa shape index (κ3) is 14.5. The molecule has 0 radical (unpaired) electrons. The number of rotatable bonds is 19. The van der Waals surface area contributed by atoms with Crippen molar-refractivity contribution in [1.82, 2.24) is 20.0 Å². The van der Waals surface area contributed by atoms with Crippen LogP contribution in [-0.2, 0) is 28.5 Å². The summed E-state index contributed by atoms with van der Waals surface area (Å²) in [5.41, 5.74) is 0. The zero-order valence-corrected chi connectivity index (χ0v) is 20.7. The highest BCUT2D eigenvalue weighted by molar-refractivity contribution is 6.34. The topological polar surface area (TPSA) is 133 Å². The van der Waals surface area contributed by atoms with Gasteiger partial charge in [0.05, 0.1) is 46.2 Å². The number of amides is 2. The molecule has 0 aliphatic heterocycles. The van der Waals surface area contributed by atoms with Gasteiger partial charge in [0.25, 0.3) is 0 Å². The van der Waals surface area contributed by atoms with Gasteiger partial charge in [0.1, 0.15) is 0 Å². The highest BCUT2D eigenvalue weighted by Crippen LogP contribution is 1.99. The van der Waals surface area contributed by atoms with Gasteiger partial charge in [-0.2, -0.15) is 0 Å². The number of ether oxygens (including phenoxy) is 4. The molecule has 194 valence electrons. The molecule has 12 nitrogen and oxygen atoms in total. The van der Waals surface area contributed by atoms with Crippen molar-refractivity contribution in [3.63, 3.8) is 0 Å². The Hall–Kier alpha value is -2.28. The lowest BCUT2D eigenvalue weighted by Gasteiger charge is -2.21. The Kier molecular flexibility index (Phi) is 17.9. The molecular formula is C21H42N4O8. The monoisotopic (exact) mass is 478 g/mol. The molecule has 3 N–H and O–H groups in total. The van der Waals surface area contributed by atoms with E-state index >= 15 is 0 Å². The van der Waals surface area contributed by atoms with Gasteiger partial charge in [-0.3, -0.25) is 9.59 Å². The van der Waals surface area contributed by atoms with Crippen molar-refractivity contribution in [2.24, 2.45) is 0 Å². The van der Waals surface area contributed by atoms with Gasteiger partial charge in [0.15, 0.2) is 0 Å². The number of carbonyl (C=O) groups is 2. The number of nitrogens with one attached hydrogen (secondary N) is 1. The number of likely N-dealkylation sites (N-methyl/N-ethyl adjacent to an activating group) is 3. The summed E-state index contributed by atoms with van der Waals surface area (Å²) in [6.07, 6.45) is 0.956. The minimum absolute atomic E-state index is 0.267. The third-order valence-electron chi connectivity index (χ3n) is 4.49. The van der Waals surface area contributed by atoms with E-state index in [1.807, 2.05) is 6.92 Å². The Bertz CT molecular complexity index is 576. The van der Waals surface area contributed by atoms with Crippen LogP contribution in [0.1, 0.15) is 13.3 Å². The largest absolute Gasteiger partial charge is 0.491 e. The van der Waals surface area contributed by atoms with Crippen LogP contribution in [0.15, 0.2) is 11.8 Å². The summed E-state index contributed by atoms with van der Waals surface area (Å²) in [7, 11) is 6.22. The quantitative estimate of drug-likeness (QED) is 0.130. The number of aliphatic hydroxyl groups excluding tert-OH is 2. The van der Waals surface area contributed by atoms with Gasteiger partial charge in [-0.05, 0) is 6.42 Å². The second-order valence-corrected chi connectivity index (χ2v) is 7.25. The standard InChI is InChI=1S/C21H42N4O8/c1-6-10-30-14-15-32-12-8-24(4)20(28)21(29)25(5)9-13-33-17-16-31-11-7-23(3)19(27)18(26)22-2/h22,26-27H,6-17H2,1-5H3/b19-18+. The van der Waals surface area contributed by atoms with Crippen molar-refractivity contribution in [3.8, 4) is 0 Å². The van der Waals surface area contributed by atoms with Crippen LogP contribution in [0, 0.1) is 0 Å². The van der Waals surface area contributed by atoms with E-state index in [1.165, 1.54) is 21.7 Å². The first-order valence-electron chi connectivity index (χ1n) is 11.1. The predicted molar refractivity (Wildman–Crippen MR) is 123 cm³/mol. The van der Waals surface area contributed by atoms with Gasteiger partial charge >= 0.3 is 11.8 Å². The second-order valence-electron chi connectivity index (χ2n) is 7.25. The first kappa shape index (κ1) is 30.7. The molecule has 0 bridgehead atoms. The second kappa shape index (κ2) is 19.2. The average molecular weight is 479 g/mol. The van der Waals surface area contributed by atoms with Crippen LogP contribution in [0.3, 0.4) is 0 Å². The van der Waals surface area contributed by atoms with Gasteiger partial charge < -0.3 is 49.2 Å². The van der Waals surface area contributed by atoms with Crippen LogP contribution in [0.5, 0.6) is 0 Å². The number of nitrogens with zero attached hydrogens (tertiary/aromatic N) is 3. The fraction of sp³-hybridized carbons (Fsp3) is 0.810. The Labute approximate surface area is 197 Å². The smallest absolute Gasteiger partial charge is 0.311 e. The Balaban J connectivity index is 3.85. The summed E-state index contributed by atoms with van der Waals surface area (Å²) >= 11 is 0. The van der Waals surface area contributed by atoms with Crippen LogP contribution in [-0.4, -0.2) is 137 Å². The van der Waals surface area contributed by atoms with Gasteiger partial charge in [-0.25, -0.2) is 0 Å². The molecule has 0 aliphatic rings. The summed E-state index contributed by atoms with van der Waals surface area (Å²) in [5.74, 6) is -1.79. The van der Waals surface area contributed by atoms with Crippen LogP contribution < -0.4 is 5.32 Å². The lowest BCUT2D eigenvalue weighted by molar-refractivity contribution is -0.151. The Morgan fingerprint density at radius 1 is 0.667 bits per heavy atom. The lowest BCUT2D eigenvalue weighted by Crippen LogP contribution is -2.44. The zero-order chi connectivity index (χ0) is 25.1. The summed E-state index contributed by atoms with van der Waals surface area (Å²) < 4.78 is 21.5. The van der Waals surface area contributed by atoms with Crippen molar-refractivity contribution in [2.45, 2.75) is 13.3 Å². The van der Waals surface area contributed by atoms with E-state index < -0.39 is 11.8 Å². The van der Waals surface area contributed by atoms with Crippen LogP contribution in [0.25, 0.3) is 0 Å². The lowest BCUT2D eigenvalue weighted by atomic mass is 10.4. The Morgan fingerprint density at radius 2 is 1.03 bits per heavy atom. The van der Waals surface area contributed by atoms with Crippen LogP contribution in [0.2, 0.25) is 0 Å². The molecule has 0 aromatic heterocycles. The van der Waals surface area contributed by atoms with E-state index in [9.17, 15) is 19.8 Å². The van der Waals surface area contributed by atoms with Crippen molar-refractivity contribution < 1.29 is 38.7 Å². The molecule has 0 aromatic rings. The summed E-state index contributed by atoms with van der Waals surface area (Å²) in [6, 6.07) is 0. The average Bonchev–Trinajstić information content (AvgIpc) is 2.82. The molecule has 0 rings (SSSR count). The minimum Gasteiger partial charge on any atom is -0.491 e. The predicted octanol–water partition coefficient (Wildman–Crippen LogP) is -0.227. The first-order valence-corrected chi connectivity index (χ1v) is 11.1. The van der Waals surface area contributed by atoms with Gasteiger partial charge in [-0.1, -0.05) is 6.92 Å². The first-order chi connectivity index (χ1) is 15.8. The number of hydrogen-bond acceptors (Lipinski definition) is 10. The highest BCUT2D eigenvalue weighted by Gasteiger charge is 2.22. The number of carbonyl (C=O) groups excluding carboxylic acids is 2. The SMILES string of the molecule is CCCOCCOCCN(C)C(=O)C(=O)N(C)CCOCCOCCN(C)/C(O)=C(\O)NC. The van der Waals surface area contributed by atoms with E-state index in [-0.39, 0.29) is 24.9 Å². The van der Waals surface area contributed by atoms with Crippen molar-refractivity contribution in [1.29, 1.82) is 0 Å². The summed E-state index contributed by atoms with van der Waals surface area (Å²) in [4.78, 5) is 28.5. The number of hydrogen-bond donors (Lipinski definition) is 3. The van der Waals surface area contributed by atoms with Gasteiger partial charge in [0.2, 0.25) is 11.8 Å². The van der Waals surface area contributed by atoms with Crippen LogP contribution >= 0.6 is 0 Å². The maximum Gasteiger partial charge on any atom is 0.311 e. The molecule has 0 fully saturated rings. The molecule has 12 heteroatoms. The van der Waals surface area contributed by atoms with E-state index in [4.69, 9.17) is 18.9 Å².